The first-order valence-electron chi connectivity index (χ1n) is 7.17. The zero-order chi connectivity index (χ0) is 16.0. The summed E-state index contributed by atoms with van der Waals surface area (Å²) in [6.07, 6.45) is 0. The van der Waals surface area contributed by atoms with Gasteiger partial charge in [0.2, 0.25) is 10.0 Å². The van der Waals surface area contributed by atoms with Crippen LogP contribution in [-0.2, 0) is 21.4 Å². The standard InChI is InChI=1S/C17H21NO3S/c1-14-8-9-15(2)17(12-14)22(19,20)18-10-11-21-13-16-6-4-3-5-7-16/h3-9,12,18H,10-11,13H2,1-2H3. The van der Waals surface area contributed by atoms with E-state index in [2.05, 4.69) is 4.72 Å². The number of ether oxygens (including phenoxy) is 1. The number of nitrogens with one attached hydrogen (secondary N) is 1. The Bertz CT molecular complexity index is 712. The van der Waals surface area contributed by atoms with Gasteiger partial charge in [-0.25, -0.2) is 13.1 Å². The van der Waals surface area contributed by atoms with E-state index in [1.807, 2.05) is 49.4 Å². The molecule has 0 bridgehead atoms. The molecule has 0 unspecified atom stereocenters. The molecule has 5 heteroatoms. The first-order valence-corrected chi connectivity index (χ1v) is 8.66. The van der Waals surface area contributed by atoms with E-state index in [1.165, 1.54) is 0 Å². The first-order chi connectivity index (χ1) is 10.5. The van der Waals surface area contributed by atoms with Gasteiger partial charge >= 0.3 is 0 Å². The highest BCUT2D eigenvalue weighted by atomic mass is 32.2. The van der Waals surface area contributed by atoms with E-state index < -0.39 is 10.0 Å². The van der Waals surface area contributed by atoms with Gasteiger partial charge in [0, 0.05) is 6.54 Å². The van der Waals surface area contributed by atoms with Crippen LogP contribution in [0.2, 0.25) is 0 Å². The molecule has 0 aliphatic heterocycles. The van der Waals surface area contributed by atoms with Crippen LogP contribution >= 0.6 is 0 Å². The maximum atomic E-state index is 12.3. The summed E-state index contributed by atoms with van der Waals surface area (Å²) in [4.78, 5) is 0.329. The van der Waals surface area contributed by atoms with Crippen molar-refractivity contribution in [3.63, 3.8) is 0 Å². The van der Waals surface area contributed by atoms with Crippen LogP contribution < -0.4 is 4.72 Å². The molecule has 2 aromatic rings. The molecule has 0 aromatic heterocycles. The van der Waals surface area contributed by atoms with E-state index in [1.54, 1.807) is 13.0 Å². The molecule has 0 aliphatic carbocycles. The van der Waals surface area contributed by atoms with Crippen molar-refractivity contribution in [2.45, 2.75) is 25.3 Å². The highest BCUT2D eigenvalue weighted by molar-refractivity contribution is 7.89. The van der Waals surface area contributed by atoms with Gasteiger partial charge in [-0.3, -0.25) is 0 Å². The van der Waals surface area contributed by atoms with Crippen LogP contribution in [0.15, 0.2) is 53.4 Å². The minimum absolute atomic E-state index is 0.253. The largest absolute Gasteiger partial charge is 0.375 e. The molecule has 2 aromatic carbocycles. The van der Waals surface area contributed by atoms with Crippen LogP contribution in [0.4, 0.5) is 0 Å². The Morgan fingerprint density at radius 3 is 2.50 bits per heavy atom. The summed E-state index contributed by atoms with van der Waals surface area (Å²) < 4.78 is 32.6. The Labute approximate surface area is 132 Å². The van der Waals surface area contributed by atoms with Gasteiger partial charge < -0.3 is 4.74 Å². The molecule has 0 fully saturated rings. The third-order valence-electron chi connectivity index (χ3n) is 3.28. The second-order valence-electron chi connectivity index (χ2n) is 5.20. The minimum Gasteiger partial charge on any atom is -0.375 e. The predicted octanol–water partition coefficient (Wildman–Crippen LogP) is 2.80. The molecule has 118 valence electrons. The van der Waals surface area contributed by atoms with Crippen molar-refractivity contribution in [2.75, 3.05) is 13.2 Å². The second kappa shape index (κ2) is 7.54. The van der Waals surface area contributed by atoms with Gasteiger partial charge in [-0.05, 0) is 36.6 Å². The van der Waals surface area contributed by atoms with E-state index >= 15 is 0 Å². The molecule has 0 amide bonds. The molecule has 0 heterocycles. The van der Waals surface area contributed by atoms with E-state index in [0.717, 1.165) is 16.7 Å². The van der Waals surface area contributed by atoms with E-state index in [9.17, 15) is 8.42 Å². The van der Waals surface area contributed by atoms with Gasteiger partial charge in [-0.2, -0.15) is 0 Å². The number of hydrogen-bond donors (Lipinski definition) is 1. The monoisotopic (exact) mass is 319 g/mol. The van der Waals surface area contributed by atoms with Crippen molar-refractivity contribution in [3.05, 3.63) is 65.2 Å². The highest BCUT2D eigenvalue weighted by Gasteiger charge is 2.16. The molecule has 22 heavy (non-hydrogen) atoms. The van der Waals surface area contributed by atoms with Crippen molar-refractivity contribution in [2.24, 2.45) is 0 Å². The number of benzene rings is 2. The van der Waals surface area contributed by atoms with Gasteiger partial charge in [0.1, 0.15) is 0 Å². The number of hydrogen-bond acceptors (Lipinski definition) is 3. The zero-order valence-corrected chi connectivity index (χ0v) is 13.7. The van der Waals surface area contributed by atoms with Crippen molar-refractivity contribution < 1.29 is 13.2 Å². The Morgan fingerprint density at radius 1 is 1.05 bits per heavy atom. The lowest BCUT2D eigenvalue weighted by molar-refractivity contribution is 0.126. The fourth-order valence-corrected chi connectivity index (χ4v) is 3.43. The summed E-state index contributed by atoms with van der Waals surface area (Å²) in [5.41, 5.74) is 2.73. The number of aryl methyl sites for hydroxylation is 2. The lowest BCUT2D eigenvalue weighted by Gasteiger charge is -2.10. The summed E-state index contributed by atoms with van der Waals surface area (Å²) in [5, 5.41) is 0. The van der Waals surface area contributed by atoms with Crippen molar-refractivity contribution in [1.82, 2.24) is 4.72 Å². The van der Waals surface area contributed by atoms with Crippen LogP contribution in [0.1, 0.15) is 16.7 Å². The van der Waals surface area contributed by atoms with E-state index in [-0.39, 0.29) is 6.54 Å². The van der Waals surface area contributed by atoms with E-state index in [0.29, 0.717) is 18.1 Å². The fourth-order valence-electron chi connectivity index (χ4n) is 2.09. The second-order valence-corrected chi connectivity index (χ2v) is 6.94. The smallest absolute Gasteiger partial charge is 0.240 e. The summed E-state index contributed by atoms with van der Waals surface area (Å²) in [6, 6.07) is 15.2. The molecule has 0 saturated carbocycles. The SMILES string of the molecule is Cc1ccc(C)c(S(=O)(=O)NCCOCc2ccccc2)c1. The fraction of sp³-hybridized carbons (Fsp3) is 0.294. The Kier molecular flexibility index (Phi) is 5.71. The summed E-state index contributed by atoms with van der Waals surface area (Å²) in [5.74, 6) is 0. The quantitative estimate of drug-likeness (QED) is 0.798. The lowest BCUT2D eigenvalue weighted by Crippen LogP contribution is -2.28. The van der Waals surface area contributed by atoms with Crippen molar-refractivity contribution in [3.8, 4) is 0 Å². The molecular weight excluding hydrogens is 298 g/mol. The third-order valence-corrected chi connectivity index (χ3v) is 4.89. The van der Waals surface area contributed by atoms with Crippen LogP contribution in [0.25, 0.3) is 0 Å². The maximum Gasteiger partial charge on any atom is 0.240 e. The third kappa shape index (κ3) is 4.66. The van der Waals surface area contributed by atoms with Crippen LogP contribution in [0.5, 0.6) is 0 Å². The molecule has 0 radical (unpaired) electrons. The Morgan fingerprint density at radius 2 is 1.77 bits per heavy atom. The Balaban J connectivity index is 1.84. The van der Waals surface area contributed by atoms with Crippen molar-refractivity contribution >= 4 is 10.0 Å². The van der Waals surface area contributed by atoms with Gasteiger partial charge in [-0.1, -0.05) is 42.5 Å². The predicted molar refractivity (Wildman–Crippen MR) is 87.2 cm³/mol. The van der Waals surface area contributed by atoms with Crippen molar-refractivity contribution in [1.29, 1.82) is 0 Å². The molecular formula is C17H21NO3S. The Hall–Kier alpha value is -1.69. The lowest BCUT2D eigenvalue weighted by atomic mass is 10.2. The summed E-state index contributed by atoms with van der Waals surface area (Å²) in [6.45, 7) is 4.73. The normalized spacial score (nSPS) is 11.5. The topological polar surface area (TPSA) is 55.4 Å². The van der Waals surface area contributed by atoms with Crippen LogP contribution in [0, 0.1) is 13.8 Å². The molecule has 0 spiro atoms. The molecule has 0 aliphatic rings. The average Bonchev–Trinajstić information content (AvgIpc) is 2.50. The molecule has 2 rings (SSSR count). The summed E-state index contributed by atoms with van der Waals surface area (Å²) in [7, 11) is -3.49. The minimum atomic E-state index is -3.49. The van der Waals surface area contributed by atoms with Gasteiger partial charge in [0.05, 0.1) is 18.1 Å². The number of rotatable bonds is 7. The average molecular weight is 319 g/mol. The van der Waals surface area contributed by atoms with Crippen LogP contribution in [0.3, 0.4) is 0 Å². The van der Waals surface area contributed by atoms with Gasteiger partial charge in [-0.15, -0.1) is 0 Å². The van der Waals surface area contributed by atoms with Crippen LogP contribution in [-0.4, -0.2) is 21.6 Å². The van der Waals surface area contributed by atoms with Gasteiger partial charge in [0.25, 0.3) is 0 Å². The maximum absolute atomic E-state index is 12.3. The van der Waals surface area contributed by atoms with E-state index in [4.69, 9.17) is 4.74 Å². The first kappa shape index (κ1) is 16.7. The molecule has 1 N–H and O–H groups in total. The molecule has 0 saturated heterocycles. The number of sulfonamides is 1. The highest BCUT2D eigenvalue weighted by Crippen LogP contribution is 2.16. The van der Waals surface area contributed by atoms with Gasteiger partial charge in [0.15, 0.2) is 0 Å². The molecule has 0 atom stereocenters. The summed E-state index contributed by atoms with van der Waals surface area (Å²) >= 11 is 0. The molecule has 4 nitrogen and oxygen atoms in total. The zero-order valence-electron chi connectivity index (χ0n) is 12.9.